The van der Waals surface area contributed by atoms with E-state index in [4.69, 9.17) is 16.3 Å². The molecule has 0 aliphatic rings. The lowest BCUT2D eigenvalue weighted by atomic mass is 10.0. The minimum absolute atomic E-state index is 0.424. The third kappa shape index (κ3) is 18.5. The van der Waals surface area contributed by atoms with E-state index in [-0.39, 0.29) is 0 Å². The molecule has 0 saturated carbocycles. The fraction of sp³-hybridized carbons (Fsp3) is 1.00. The molecule has 0 spiro atoms. The molecule has 0 aliphatic carbocycles. The predicted octanol–water partition coefficient (Wildman–Crippen LogP) is 7.56. The highest BCUT2D eigenvalue weighted by molar-refractivity contribution is 6.21. The van der Waals surface area contributed by atoms with Gasteiger partial charge in [0.15, 0.2) is 0 Å². The fourth-order valence-corrected chi connectivity index (χ4v) is 3.06. The van der Waals surface area contributed by atoms with Gasteiger partial charge in [-0.15, -0.1) is 0 Å². The Bertz CT molecular complexity index is 244. The molecule has 0 bridgehead atoms. The van der Waals surface area contributed by atoms with Crippen LogP contribution in [0.1, 0.15) is 123 Å². The number of hydrogen-bond donors (Lipinski definition) is 1. The molecule has 0 radical (unpaired) electrons. The lowest BCUT2D eigenvalue weighted by Gasteiger charge is -2.18. The van der Waals surface area contributed by atoms with Crippen LogP contribution in [0.25, 0.3) is 0 Å². The first-order valence-corrected chi connectivity index (χ1v) is 11.1. The number of aliphatic hydroxyl groups is 1. The summed E-state index contributed by atoms with van der Waals surface area (Å²) in [5.41, 5.74) is 0. The van der Waals surface area contributed by atoms with Crippen LogP contribution in [0.5, 0.6) is 0 Å². The first-order valence-electron chi connectivity index (χ1n) is 10.7. The van der Waals surface area contributed by atoms with Gasteiger partial charge in [-0.1, -0.05) is 122 Å². The Kier molecular flexibility index (Phi) is 18.2. The van der Waals surface area contributed by atoms with Crippen LogP contribution in [-0.2, 0) is 4.74 Å². The molecular weight excluding hydrogens is 320 g/mol. The summed E-state index contributed by atoms with van der Waals surface area (Å²) in [6.07, 6.45) is 22.2. The van der Waals surface area contributed by atoms with E-state index in [1.165, 1.54) is 96.3 Å². The van der Waals surface area contributed by atoms with Crippen molar-refractivity contribution in [3.63, 3.8) is 0 Å². The summed E-state index contributed by atoms with van der Waals surface area (Å²) in [4.78, 5) is 0. The maximum atomic E-state index is 9.49. The molecule has 2 nitrogen and oxygen atoms in total. The Labute approximate surface area is 156 Å². The molecule has 0 rings (SSSR count). The van der Waals surface area contributed by atoms with Gasteiger partial charge in [0.05, 0.1) is 6.61 Å². The minimum atomic E-state index is -1.45. The van der Waals surface area contributed by atoms with E-state index in [1.807, 2.05) is 6.92 Å². The molecule has 0 saturated heterocycles. The van der Waals surface area contributed by atoms with Gasteiger partial charge in [0.25, 0.3) is 0 Å². The highest BCUT2D eigenvalue weighted by atomic mass is 35.5. The van der Waals surface area contributed by atoms with Crippen molar-refractivity contribution in [3.05, 3.63) is 0 Å². The second-order valence-electron chi connectivity index (χ2n) is 7.19. The lowest BCUT2D eigenvalue weighted by Crippen LogP contribution is -2.24. The van der Waals surface area contributed by atoms with Crippen molar-refractivity contribution in [3.8, 4) is 0 Å². The van der Waals surface area contributed by atoms with E-state index in [0.717, 1.165) is 6.42 Å². The van der Waals surface area contributed by atoms with Crippen molar-refractivity contribution in [1.29, 1.82) is 0 Å². The number of rotatable bonds is 19. The molecule has 0 fully saturated rings. The standard InChI is InChI=1S/C21H43ClO2/c1-3-5-6-7-8-9-10-11-12-13-14-15-16-17-18-19-20-24-21(22,23)4-2/h23H,3-20H2,1-2H3. The zero-order valence-corrected chi connectivity index (χ0v) is 17.2. The van der Waals surface area contributed by atoms with Crippen molar-refractivity contribution in [2.45, 2.75) is 128 Å². The number of ether oxygens (including phenoxy) is 1. The van der Waals surface area contributed by atoms with Crippen LogP contribution in [0.3, 0.4) is 0 Å². The van der Waals surface area contributed by atoms with Gasteiger partial charge < -0.3 is 9.84 Å². The molecule has 1 atom stereocenters. The summed E-state index contributed by atoms with van der Waals surface area (Å²) in [7, 11) is 0. The van der Waals surface area contributed by atoms with Crippen molar-refractivity contribution >= 4 is 11.6 Å². The topological polar surface area (TPSA) is 29.5 Å². The molecule has 0 aromatic carbocycles. The van der Waals surface area contributed by atoms with Crippen LogP contribution in [0, 0.1) is 0 Å². The molecule has 0 aromatic rings. The number of alkyl halides is 1. The molecule has 1 N–H and O–H groups in total. The largest absolute Gasteiger partial charge is 0.353 e. The van der Waals surface area contributed by atoms with E-state index in [0.29, 0.717) is 13.0 Å². The first kappa shape index (κ1) is 24.2. The van der Waals surface area contributed by atoms with Crippen LogP contribution in [0.2, 0.25) is 0 Å². The zero-order valence-electron chi connectivity index (χ0n) is 16.5. The maximum Gasteiger partial charge on any atom is 0.245 e. The third-order valence-corrected chi connectivity index (χ3v) is 5.13. The average Bonchev–Trinajstić information content (AvgIpc) is 2.57. The first-order chi connectivity index (χ1) is 11.6. The highest BCUT2D eigenvalue weighted by Gasteiger charge is 2.20. The van der Waals surface area contributed by atoms with Crippen LogP contribution in [0.4, 0.5) is 0 Å². The molecule has 0 heterocycles. The van der Waals surface area contributed by atoms with Crippen molar-refractivity contribution in [2.24, 2.45) is 0 Å². The molecule has 1 unspecified atom stereocenters. The summed E-state index contributed by atoms with van der Waals surface area (Å²) >= 11 is 5.73. The number of halogens is 1. The maximum absolute atomic E-state index is 9.49. The van der Waals surface area contributed by atoms with Gasteiger partial charge in [0.1, 0.15) is 0 Å². The fourth-order valence-electron chi connectivity index (χ4n) is 2.98. The van der Waals surface area contributed by atoms with E-state index in [1.54, 1.807) is 0 Å². The Hall–Kier alpha value is 0.210. The van der Waals surface area contributed by atoms with E-state index < -0.39 is 5.25 Å². The van der Waals surface area contributed by atoms with Gasteiger partial charge in [0.2, 0.25) is 5.25 Å². The van der Waals surface area contributed by atoms with Crippen molar-refractivity contribution in [1.82, 2.24) is 0 Å². The second-order valence-corrected chi connectivity index (χ2v) is 7.78. The molecule has 146 valence electrons. The third-order valence-electron chi connectivity index (χ3n) is 4.76. The summed E-state index contributed by atoms with van der Waals surface area (Å²) in [6, 6.07) is 0. The van der Waals surface area contributed by atoms with Crippen LogP contribution in [0.15, 0.2) is 0 Å². The van der Waals surface area contributed by atoms with Crippen LogP contribution >= 0.6 is 11.6 Å². The second kappa shape index (κ2) is 18.0. The van der Waals surface area contributed by atoms with Gasteiger partial charge in [0, 0.05) is 6.42 Å². The summed E-state index contributed by atoms with van der Waals surface area (Å²) in [6.45, 7) is 4.66. The SMILES string of the molecule is CCCCCCCCCCCCCCCCCCOC(O)(Cl)CC. The van der Waals surface area contributed by atoms with Crippen molar-refractivity contribution in [2.75, 3.05) is 6.61 Å². The summed E-state index contributed by atoms with van der Waals surface area (Å²) < 4.78 is 5.22. The smallest absolute Gasteiger partial charge is 0.245 e. The Balaban J connectivity index is 3.05. The predicted molar refractivity (Wildman–Crippen MR) is 107 cm³/mol. The molecule has 0 aliphatic heterocycles. The Morgan fingerprint density at radius 2 is 0.958 bits per heavy atom. The average molecular weight is 363 g/mol. The summed E-state index contributed by atoms with van der Waals surface area (Å²) in [5.74, 6) is 0. The van der Waals surface area contributed by atoms with Gasteiger partial charge in [-0.2, -0.15) is 0 Å². The van der Waals surface area contributed by atoms with E-state index in [2.05, 4.69) is 6.92 Å². The lowest BCUT2D eigenvalue weighted by molar-refractivity contribution is -0.139. The zero-order chi connectivity index (χ0) is 17.9. The Morgan fingerprint density at radius 1 is 0.625 bits per heavy atom. The van der Waals surface area contributed by atoms with E-state index >= 15 is 0 Å². The monoisotopic (exact) mass is 362 g/mol. The molecular formula is C21H43ClO2. The van der Waals surface area contributed by atoms with E-state index in [9.17, 15) is 5.11 Å². The quantitative estimate of drug-likeness (QED) is 0.146. The molecule has 3 heteroatoms. The number of hydrogen-bond acceptors (Lipinski definition) is 2. The summed E-state index contributed by atoms with van der Waals surface area (Å²) in [5, 5.41) is 8.04. The van der Waals surface area contributed by atoms with Crippen LogP contribution < -0.4 is 0 Å². The Morgan fingerprint density at radius 3 is 1.29 bits per heavy atom. The van der Waals surface area contributed by atoms with Crippen LogP contribution in [-0.4, -0.2) is 17.0 Å². The van der Waals surface area contributed by atoms with Gasteiger partial charge in [-0.05, 0) is 6.42 Å². The van der Waals surface area contributed by atoms with Gasteiger partial charge in [-0.3, -0.25) is 0 Å². The van der Waals surface area contributed by atoms with Gasteiger partial charge in [-0.25, -0.2) is 0 Å². The van der Waals surface area contributed by atoms with Crippen molar-refractivity contribution < 1.29 is 9.84 Å². The highest BCUT2D eigenvalue weighted by Crippen LogP contribution is 2.18. The molecule has 0 aromatic heterocycles. The number of unbranched alkanes of at least 4 members (excludes halogenated alkanes) is 15. The van der Waals surface area contributed by atoms with Gasteiger partial charge >= 0.3 is 0 Å². The molecule has 0 amide bonds. The normalized spacial score (nSPS) is 14.0. The minimum Gasteiger partial charge on any atom is -0.353 e. The molecule has 24 heavy (non-hydrogen) atoms.